The molecule has 152 valence electrons. The van der Waals surface area contributed by atoms with Gasteiger partial charge in [0.2, 0.25) is 27.6 Å². The van der Waals surface area contributed by atoms with E-state index >= 15 is 0 Å². The molecule has 0 saturated heterocycles. The average molecular weight is 479 g/mol. The van der Waals surface area contributed by atoms with Gasteiger partial charge in [0.25, 0.3) is 0 Å². The highest BCUT2D eigenvalue weighted by Gasteiger charge is 2.30. The van der Waals surface area contributed by atoms with Crippen LogP contribution in [0.5, 0.6) is 0 Å². The van der Waals surface area contributed by atoms with Gasteiger partial charge in [0.15, 0.2) is 0 Å². The number of carbonyl (C=O) groups excluding carboxylic acids is 1. The number of nitrogens with one attached hydrogen (secondary N) is 1. The van der Waals surface area contributed by atoms with Crippen molar-refractivity contribution in [2.45, 2.75) is 12.6 Å². The van der Waals surface area contributed by atoms with Crippen molar-refractivity contribution in [1.82, 2.24) is 19.8 Å². The summed E-state index contributed by atoms with van der Waals surface area (Å²) in [5.41, 5.74) is 1.32. The maximum atomic E-state index is 12.8. The summed E-state index contributed by atoms with van der Waals surface area (Å²) < 4.78 is 31.1. The molecule has 1 atom stereocenters. The lowest BCUT2D eigenvalue weighted by molar-refractivity contribution is -0.125. The van der Waals surface area contributed by atoms with Gasteiger partial charge in [0.1, 0.15) is 6.04 Å². The first-order valence-electron chi connectivity index (χ1n) is 8.60. The molecule has 3 aromatic rings. The van der Waals surface area contributed by atoms with Crippen LogP contribution < -0.4 is 5.32 Å². The number of aromatic nitrogens is 2. The topological polar surface area (TPSA) is 105 Å². The highest BCUT2D eigenvalue weighted by Crippen LogP contribution is 2.23. The monoisotopic (exact) mass is 478 g/mol. The number of sulfonamides is 1. The van der Waals surface area contributed by atoms with E-state index in [1.54, 1.807) is 30.3 Å². The van der Waals surface area contributed by atoms with E-state index in [9.17, 15) is 13.2 Å². The average Bonchev–Trinajstić information content (AvgIpc) is 3.16. The first-order chi connectivity index (χ1) is 13.8. The second-order valence-electron chi connectivity index (χ2n) is 6.33. The Kier molecular flexibility index (Phi) is 6.46. The summed E-state index contributed by atoms with van der Waals surface area (Å²) in [5.74, 6) is 0.108. The van der Waals surface area contributed by atoms with Crippen molar-refractivity contribution in [3.05, 3.63) is 70.5 Å². The van der Waals surface area contributed by atoms with Crippen molar-refractivity contribution in [2.24, 2.45) is 0 Å². The fraction of sp³-hybridized carbons (Fsp3) is 0.211. The van der Waals surface area contributed by atoms with Crippen LogP contribution in [-0.4, -0.2) is 42.1 Å². The second-order valence-corrected chi connectivity index (χ2v) is 9.29. The van der Waals surface area contributed by atoms with Crippen LogP contribution in [0.3, 0.4) is 0 Å². The third kappa shape index (κ3) is 5.28. The van der Waals surface area contributed by atoms with Gasteiger partial charge in [0, 0.05) is 17.1 Å². The SMILES string of the molecule is CN([C@H](C(=O)NCc1nc(-c2cccc(Br)c2)no1)c1ccccc1)S(C)(=O)=O. The molecular weight excluding hydrogens is 460 g/mol. The minimum Gasteiger partial charge on any atom is -0.345 e. The van der Waals surface area contributed by atoms with Crippen molar-refractivity contribution >= 4 is 31.9 Å². The van der Waals surface area contributed by atoms with Crippen molar-refractivity contribution < 1.29 is 17.7 Å². The highest BCUT2D eigenvalue weighted by atomic mass is 79.9. The van der Waals surface area contributed by atoms with Gasteiger partial charge in [-0.2, -0.15) is 9.29 Å². The summed E-state index contributed by atoms with van der Waals surface area (Å²) in [6.45, 7) is -0.0270. The second kappa shape index (κ2) is 8.85. The summed E-state index contributed by atoms with van der Waals surface area (Å²) in [6.07, 6.45) is 1.05. The molecule has 1 heterocycles. The van der Waals surface area contributed by atoms with Gasteiger partial charge in [-0.3, -0.25) is 4.79 Å². The van der Waals surface area contributed by atoms with E-state index in [1.165, 1.54) is 7.05 Å². The van der Waals surface area contributed by atoms with Crippen molar-refractivity contribution in [3.8, 4) is 11.4 Å². The molecule has 0 unspecified atom stereocenters. The molecule has 0 spiro atoms. The molecule has 29 heavy (non-hydrogen) atoms. The Balaban J connectivity index is 1.75. The molecule has 1 N–H and O–H groups in total. The fourth-order valence-corrected chi connectivity index (χ4v) is 3.68. The van der Waals surface area contributed by atoms with Crippen molar-refractivity contribution in [2.75, 3.05) is 13.3 Å². The van der Waals surface area contributed by atoms with Crippen LogP contribution in [0, 0.1) is 0 Å². The Labute approximate surface area is 177 Å². The lowest BCUT2D eigenvalue weighted by Crippen LogP contribution is -2.41. The predicted molar refractivity (Wildman–Crippen MR) is 111 cm³/mol. The molecule has 2 aromatic carbocycles. The number of nitrogens with zero attached hydrogens (tertiary/aromatic N) is 3. The third-order valence-corrected chi connectivity index (χ3v) is 5.97. The number of rotatable bonds is 7. The first kappa shape index (κ1) is 21.2. The summed E-state index contributed by atoms with van der Waals surface area (Å²) in [7, 11) is -2.23. The summed E-state index contributed by atoms with van der Waals surface area (Å²) in [4.78, 5) is 17.1. The van der Waals surface area contributed by atoms with Crippen LogP contribution in [-0.2, 0) is 21.4 Å². The van der Waals surface area contributed by atoms with E-state index < -0.39 is 22.0 Å². The lowest BCUT2D eigenvalue weighted by atomic mass is 10.1. The number of amides is 1. The van der Waals surface area contributed by atoms with Crippen LogP contribution in [0.4, 0.5) is 0 Å². The molecule has 0 bridgehead atoms. The quantitative estimate of drug-likeness (QED) is 0.559. The predicted octanol–water partition coefficient (Wildman–Crippen LogP) is 2.75. The molecule has 3 rings (SSSR count). The van der Waals surface area contributed by atoms with Crippen molar-refractivity contribution in [1.29, 1.82) is 0 Å². The van der Waals surface area contributed by atoms with Gasteiger partial charge in [0.05, 0.1) is 12.8 Å². The number of benzene rings is 2. The van der Waals surface area contributed by atoms with Crippen LogP contribution in [0.15, 0.2) is 63.6 Å². The molecule has 0 aliphatic carbocycles. The molecule has 8 nitrogen and oxygen atoms in total. The maximum Gasteiger partial charge on any atom is 0.246 e. The number of hydrogen-bond donors (Lipinski definition) is 1. The minimum absolute atomic E-state index is 0.0270. The molecule has 1 amide bonds. The van der Waals surface area contributed by atoms with E-state index in [0.29, 0.717) is 11.4 Å². The van der Waals surface area contributed by atoms with Gasteiger partial charge in [-0.1, -0.05) is 63.6 Å². The van der Waals surface area contributed by atoms with E-state index in [1.807, 2.05) is 24.3 Å². The van der Waals surface area contributed by atoms with Gasteiger partial charge in [-0.05, 0) is 17.7 Å². The molecule has 0 radical (unpaired) electrons. The summed E-state index contributed by atoms with van der Waals surface area (Å²) in [5, 5.41) is 6.59. The minimum atomic E-state index is -3.60. The molecule has 0 saturated carbocycles. The summed E-state index contributed by atoms with van der Waals surface area (Å²) >= 11 is 3.39. The smallest absolute Gasteiger partial charge is 0.246 e. The Morgan fingerprint density at radius 3 is 2.59 bits per heavy atom. The van der Waals surface area contributed by atoms with Gasteiger partial charge >= 0.3 is 0 Å². The molecule has 1 aromatic heterocycles. The molecule has 0 aliphatic rings. The first-order valence-corrected chi connectivity index (χ1v) is 11.2. The highest BCUT2D eigenvalue weighted by molar-refractivity contribution is 9.10. The number of hydrogen-bond acceptors (Lipinski definition) is 6. The third-order valence-electron chi connectivity index (χ3n) is 4.22. The van der Waals surface area contributed by atoms with Crippen LogP contribution in [0.25, 0.3) is 11.4 Å². The zero-order valence-electron chi connectivity index (χ0n) is 15.7. The largest absolute Gasteiger partial charge is 0.345 e. The lowest BCUT2D eigenvalue weighted by Gasteiger charge is -2.25. The summed E-state index contributed by atoms with van der Waals surface area (Å²) in [6, 6.07) is 15.1. The van der Waals surface area contributed by atoms with Crippen LogP contribution >= 0.6 is 15.9 Å². The van der Waals surface area contributed by atoms with Crippen LogP contribution in [0.1, 0.15) is 17.5 Å². The number of halogens is 1. The Morgan fingerprint density at radius 2 is 1.93 bits per heavy atom. The standard InChI is InChI=1S/C19H19BrN4O4S/c1-24(29(2,26)27)17(13-7-4-3-5-8-13)19(25)21-12-16-22-18(23-28-16)14-9-6-10-15(20)11-14/h3-11,17H,12H2,1-2H3,(H,21,25)/t17-/m0/s1. The Hall–Kier alpha value is -2.56. The Bertz CT molecular complexity index is 1100. The number of likely N-dealkylation sites (N-methyl/N-ethyl adjacent to an activating group) is 1. The maximum absolute atomic E-state index is 12.8. The zero-order chi connectivity index (χ0) is 21.0. The van der Waals surface area contributed by atoms with Gasteiger partial charge in [-0.15, -0.1) is 0 Å². The molecular formula is C19H19BrN4O4S. The van der Waals surface area contributed by atoms with E-state index in [0.717, 1.165) is 20.6 Å². The molecule has 10 heteroatoms. The fourth-order valence-electron chi connectivity index (χ4n) is 2.68. The van der Waals surface area contributed by atoms with E-state index in [4.69, 9.17) is 4.52 Å². The number of carbonyl (C=O) groups is 1. The molecule has 0 fully saturated rings. The Morgan fingerprint density at radius 1 is 1.21 bits per heavy atom. The normalized spacial score (nSPS) is 12.7. The van der Waals surface area contributed by atoms with Gasteiger partial charge in [-0.25, -0.2) is 8.42 Å². The van der Waals surface area contributed by atoms with Gasteiger partial charge < -0.3 is 9.84 Å². The van der Waals surface area contributed by atoms with E-state index in [2.05, 4.69) is 31.4 Å². The van der Waals surface area contributed by atoms with E-state index in [-0.39, 0.29) is 12.4 Å². The van der Waals surface area contributed by atoms with Crippen molar-refractivity contribution in [3.63, 3.8) is 0 Å². The zero-order valence-corrected chi connectivity index (χ0v) is 18.1. The molecule has 0 aliphatic heterocycles. The van der Waals surface area contributed by atoms with Crippen LogP contribution in [0.2, 0.25) is 0 Å².